The van der Waals surface area contributed by atoms with Gasteiger partial charge >= 0.3 is 0 Å². The molecule has 4 aromatic rings. The van der Waals surface area contributed by atoms with Gasteiger partial charge < -0.3 is 9.47 Å². The molecule has 4 nitrogen and oxygen atoms in total. The summed E-state index contributed by atoms with van der Waals surface area (Å²) < 4.78 is 36.8. The smallest absolute Gasteiger partial charge is 0.206 e. The molecule has 0 saturated heterocycles. The van der Waals surface area contributed by atoms with E-state index in [1.54, 1.807) is 43.5 Å². The van der Waals surface area contributed by atoms with Gasteiger partial charge in [-0.2, -0.15) is 0 Å². The standard InChI is InChI=1S/C29H28O4S.4C2H6/c1-21-5-7-22(8-6-21)29(2,3)23-9-11-25(12-10-23)33-26-15-19-28(20-16-26)34(30,31)27-17-13-24(32-4)14-18-27;4*1-2/h5-20H,1-4H3;4*1-2H3. The van der Waals surface area contributed by atoms with Crippen LogP contribution >= 0.6 is 0 Å². The Labute approximate surface area is 256 Å². The van der Waals surface area contributed by atoms with Gasteiger partial charge in [0.05, 0.1) is 16.9 Å². The number of ether oxygens (including phenoxy) is 2. The van der Waals surface area contributed by atoms with Crippen molar-refractivity contribution in [2.45, 2.75) is 91.4 Å². The molecule has 5 heteroatoms. The lowest BCUT2D eigenvalue weighted by molar-refractivity contribution is 0.414. The third-order valence-electron chi connectivity index (χ3n) is 6.09. The minimum atomic E-state index is -3.62. The molecule has 0 N–H and O–H groups in total. The van der Waals surface area contributed by atoms with Crippen LogP contribution in [0.2, 0.25) is 0 Å². The van der Waals surface area contributed by atoms with E-state index in [1.807, 2.05) is 67.5 Å². The summed E-state index contributed by atoms with van der Waals surface area (Å²) in [7, 11) is -2.07. The number of benzene rings is 4. The molecule has 0 aromatic heterocycles. The van der Waals surface area contributed by atoms with Crippen LogP contribution in [0.5, 0.6) is 17.2 Å². The molecule has 0 saturated carbocycles. The Morgan fingerprint density at radius 2 is 0.810 bits per heavy atom. The van der Waals surface area contributed by atoms with E-state index >= 15 is 0 Å². The topological polar surface area (TPSA) is 52.6 Å². The average Bonchev–Trinajstić information content (AvgIpc) is 3.05. The van der Waals surface area contributed by atoms with Crippen LogP contribution in [-0.4, -0.2) is 15.5 Å². The second-order valence-electron chi connectivity index (χ2n) is 8.77. The van der Waals surface area contributed by atoms with E-state index in [-0.39, 0.29) is 15.2 Å². The van der Waals surface area contributed by atoms with Crippen LogP contribution in [0.1, 0.15) is 85.9 Å². The van der Waals surface area contributed by atoms with Crippen molar-refractivity contribution in [2.75, 3.05) is 7.11 Å². The van der Waals surface area contributed by atoms with Crippen LogP contribution in [0, 0.1) is 6.92 Å². The maximum atomic E-state index is 12.9. The van der Waals surface area contributed by atoms with Gasteiger partial charge in [-0.1, -0.05) is 111 Å². The van der Waals surface area contributed by atoms with Gasteiger partial charge in [0.2, 0.25) is 9.84 Å². The quantitative estimate of drug-likeness (QED) is 0.214. The van der Waals surface area contributed by atoms with Crippen molar-refractivity contribution in [1.82, 2.24) is 0 Å². The SMILES string of the molecule is CC.CC.CC.CC.COc1ccc(S(=O)(=O)c2ccc(Oc3ccc(C(C)(C)c4ccc(C)cc4)cc3)cc2)cc1. The third-order valence-corrected chi connectivity index (χ3v) is 7.87. The fraction of sp³-hybridized carbons (Fsp3) is 0.351. The molecular formula is C37H52O4S. The minimum Gasteiger partial charge on any atom is -0.497 e. The van der Waals surface area contributed by atoms with Crippen molar-refractivity contribution in [3.63, 3.8) is 0 Å². The molecule has 0 atom stereocenters. The third kappa shape index (κ3) is 10.4. The van der Waals surface area contributed by atoms with Crippen molar-refractivity contribution in [1.29, 1.82) is 0 Å². The molecule has 4 aromatic carbocycles. The number of aryl methyl sites for hydroxylation is 1. The Kier molecular flexibility index (Phi) is 17.9. The Hall–Kier alpha value is -3.57. The largest absolute Gasteiger partial charge is 0.497 e. The van der Waals surface area contributed by atoms with Crippen molar-refractivity contribution in [2.24, 2.45) is 0 Å². The Bertz CT molecular complexity index is 1350. The van der Waals surface area contributed by atoms with Crippen LogP contribution < -0.4 is 9.47 Å². The summed E-state index contributed by atoms with van der Waals surface area (Å²) in [4.78, 5) is 0.425. The number of hydrogen-bond acceptors (Lipinski definition) is 4. The summed E-state index contributed by atoms with van der Waals surface area (Å²) in [6.45, 7) is 22.5. The highest BCUT2D eigenvalue weighted by Crippen LogP contribution is 2.33. The molecule has 0 aliphatic carbocycles. The lowest BCUT2D eigenvalue weighted by atomic mass is 9.78. The van der Waals surface area contributed by atoms with Crippen molar-refractivity contribution in [3.05, 3.63) is 114 Å². The summed E-state index contributed by atoms with van der Waals surface area (Å²) in [6, 6.07) is 29.4. The molecular weight excluding hydrogens is 540 g/mol. The van der Waals surface area contributed by atoms with Gasteiger partial charge in [0.15, 0.2) is 0 Å². The van der Waals surface area contributed by atoms with E-state index in [2.05, 4.69) is 57.2 Å². The zero-order valence-corrected chi connectivity index (χ0v) is 28.6. The first-order chi connectivity index (χ1) is 20.2. The summed E-state index contributed by atoms with van der Waals surface area (Å²) in [5.74, 6) is 1.87. The first-order valence-corrected chi connectivity index (χ1v) is 16.5. The maximum Gasteiger partial charge on any atom is 0.206 e. The first kappa shape index (κ1) is 38.4. The van der Waals surface area contributed by atoms with Gasteiger partial charge in [-0.05, 0) is 78.7 Å². The monoisotopic (exact) mass is 592 g/mol. The fourth-order valence-electron chi connectivity index (χ4n) is 3.79. The molecule has 0 aliphatic heterocycles. The lowest BCUT2D eigenvalue weighted by Gasteiger charge is -2.26. The van der Waals surface area contributed by atoms with Crippen LogP contribution in [-0.2, 0) is 15.3 Å². The minimum absolute atomic E-state index is 0.135. The van der Waals surface area contributed by atoms with Crippen LogP contribution in [0.3, 0.4) is 0 Å². The normalized spacial score (nSPS) is 10.1. The van der Waals surface area contributed by atoms with E-state index in [1.165, 1.54) is 28.8 Å². The Morgan fingerprint density at radius 3 is 1.17 bits per heavy atom. The Morgan fingerprint density at radius 1 is 0.500 bits per heavy atom. The molecule has 0 bridgehead atoms. The van der Waals surface area contributed by atoms with Gasteiger partial charge in [0, 0.05) is 5.41 Å². The van der Waals surface area contributed by atoms with Gasteiger partial charge in [0.25, 0.3) is 0 Å². The highest BCUT2D eigenvalue weighted by molar-refractivity contribution is 7.91. The van der Waals surface area contributed by atoms with E-state index < -0.39 is 9.84 Å². The summed E-state index contributed by atoms with van der Waals surface area (Å²) in [5.41, 5.74) is 3.54. The number of sulfone groups is 1. The van der Waals surface area contributed by atoms with Gasteiger partial charge in [-0.3, -0.25) is 0 Å². The second-order valence-corrected chi connectivity index (χ2v) is 10.7. The molecule has 230 valence electrons. The maximum absolute atomic E-state index is 12.9. The fourth-order valence-corrected chi connectivity index (χ4v) is 5.05. The van der Waals surface area contributed by atoms with Crippen molar-refractivity contribution in [3.8, 4) is 17.2 Å². The summed E-state index contributed by atoms with van der Waals surface area (Å²) in [6.07, 6.45) is 0. The zero-order chi connectivity index (χ0) is 32.3. The van der Waals surface area contributed by atoms with Gasteiger partial charge in [-0.25, -0.2) is 8.42 Å². The molecule has 0 spiro atoms. The molecule has 4 rings (SSSR count). The molecule has 0 heterocycles. The van der Waals surface area contributed by atoms with Crippen LogP contribution in [0.25, 0.3) is 0 Å². The molecule has 42 heavy (non-hydrogen) atoms. The van der Waals surface area contributed by atoms with E-state index in [0.29, 0.717) is 17.2 Å². The highest BCUT2D eigenvalue weighted by atomic mass is 32.2. The number of hydrogen-bond donors (Lipinski definition) is 0. The van der Waals surface area contributed by atoms with Crippen LogP contribution in [0.15, 0.2) is 107 Å². The molecule has 0 radical (unpaired) electrons. The number of methoxy groups -OCH3 is 1. The Balaban J connectivity index is 0.00000194. The lowest BCUT2D eigenvalue weighted by Crippen LogP contribution is -2.18. The first-order valence-electron chi connectivity index (χ1n) is 15.0. The zero-order valence-electron chi connectivity index (χ0n) is 27.8. The average molecular weight is 593 g/mol. The predicted octanol–water partition coefficient (Wildman–Crippen LogP) is 11.1. The highest BCUT2D eigenvalue weighted by Gasteiger charge is 2.23. The van der Waals surface area contributed by atoms with E-state index in [0.717, 1.165) is 0 Å². The second kappa shape index (κ2) is 19.5. The van der Waals surface area contributed by atoms with Gasteiger partial charge in [0.1, 0.15) is 17.2 Å². The molecule has 0 aliphatic rings. The summed E-state index contributed by atoms with van der Waals surface area (Å²) in [5, 5.41) is 0. The van der Waals surface area contributed by atoms with Crippen molar-refractivity contribution < 1.29 is 17.9 Å². The van der Waals surface area contributed by atoms with Crippen molar-refractivity contribution >= 4 is 9.84 Å². The number of rotatable bonds is 7. The van der Waals surface area contributed by atoms with E-state index in [9.17, 15) is 8.42 Å². The van der Waals surface area contributed by atoms with Gasteiger partial charge in [-0.15, -0.1) is 0 Å². The van der Waals surface area contributed by atoms with E-state index in [4.69, 9.17) is 9.47 Å². The summed E-state index contributed by atoms with van der Waals surface area (Å²) >= 11 is 0. The predicted molar refractivity (Wildman–Crippen MR) is 180 cm³/mol. The molecule has 0 fully saturated rings. The molecule has 0 unspecified atom stereocenters. The van der Waals surface area contributed by atoms with Crippen LogP contribution in [0.4, 0.5) is 0 Å². The molecule has 0 amide bonds.